The number of para-hydroxylation sites is 1. The second-order valence-electron chi connectivity index (χ2n) is 7.95. The monoisotopic (exact) mass is 563 g/mol. The number of nitriles is 1. The minimum atomic E-state index is -0.438. The Hall–Kier alpha value is -3.73. The number of amides is 1. The fraction of sp³-hybridized carbons (Fsp3) is 0.143. The first-order valence-corrected chi connectivity index (χ1v) is 12.4. The molecule has 0 aliphatic rings. The summed E-state index contributed by atoms with van der Waals surface area (Å²) in [6.07, 6.45) is 4.11. The molecule has 0 spiro atoms. The lowest BCUT2D eigenvalue weighted by atomic mass is 10.1. The molecule has 4 rings (SSSR count). The number of nitrogens with one attached hydrogen (secondary N) is 2. The van der Waals surface area contributed by atoms with Gasteiger partial charge >= 0.3 is 0 Å². The molecule has 0 bridgehead atoms. The van der Waals surface area contributed by atoms with Crippen molar-refractivity contribution in [2.75, 3.05) is 13.7 Å². The number of carbonyl (C=O) groups excluding carboxylic acids is 1. The third-order valence-electron chi connectivity index (χ3n) is 5.61. The number of hydrogen-bond donors (Lipinski definition) is 2. The molecule has 1 amide bonds. The molecular formula is C28H23BrClN3O3. The van der Waals surface area contributed by atoms with Crippen molar-refractivity contribution in [3.05, 3.63) is 98.6 Å². The minimum Gasteiger partial charge on any atom is -0.493 e. The maximum absolute atomic E-state index is 12.7. The number of halogens is 2. The van der Waals surface area contributed by atoms with Gasteiger partial charge < -0.3 is 19.8 Å². The van der Waals surface area contributed by atoms with Crippen molar-refractivity contribution in [2.24, 2.45) is 0 Å². The molecule has 36 heavy (non-hydrogen) atoms. The predicted octanol–water partition coefficient (Wildman–Crippen LogP) is 6.44. The third-order valence-corrected chi connectivity index (χ3v) is 6.57. The van der Waals surface area contributed by atoms with E-state index in [9.17, 15) is 10.1 Å². The van der Waals surface area contributed by atoms with Gasteiger partial charge in [-0.25, -0.2) is 0 Å². The normalized spacial score (nSPS) is 11.2. The van der Waals surface area contributed by atoms with E-state index in [4.69, 9.17) is 21.1 Å². The van der Waals surface area contributed by atoms with Crippen LogP contribution in [0.3, 0.4) is 0 Å². The van der Waals surface area contributed by atoms with Crippen molar-refractivity contribution in [3.63, 3.8) is 0 Å². The van der Waals surface area contributed by atoms with Gasteiger partial charge in [0.05, 0.1) is 11.6 Å². The standard InChI is InChI=1S/C28H23BrClN3O3/c1-35-26-14-18(13-23(29)27(26)36-17-20-6-2-4-8-24(20)30)12-21(15-31)28(34)32-11-10-19-16-33-25-9-5-3-7-22(19)25/h2-9,12-14,16,33H,10-11,17H2,1H3,(H,32,34)/b21-12+. The average Bonchev–Trinajstić information content (AvgIpc) is 3.30. The highest BCUT2D eigenvalue weighted by Gasteiger charge is 2.15. The second-order valence-corrected chi connectivity index (χ2v) is 9.21. The zero-order valence-electron chi connectivity index (χ0n) is 19.5. The fourth-order valence-electron chi connectivity index (χ4n) is 3.79. The van der Waals surface area contributed by atoms with Crippen LogP contribution in [0.25, 0.3) is 17.0 Å². The zero-order valence-corrected chi connectivity index (χ0v) is 21.8. The van der Waals surface area contributed by atoms with Crippen LogP contribution in [0.1, 0.15) is 16.7 Å². The molecule has 2 N–H and O–H groups in total. The van der Waals surface area contributed by atoms with Gasteiger partial charge in [-0.3, -0.25) is 4.79 Å². The lowest BCUT2D eigenvalue weighted by Gasteiger charge is -2.14. The molecule has 6 nitrogen and oxygen atoms in total. The van der Waals surface area contributed by atoms with Crippen molar-refractivity contribution in [2.45, 2.75) is 13.0 Å². The molecule has 0 atom stereocenters. The van der Waals surface area contributed by atoms with Gasteiger partial charge in [0.1, 0.15) is 18.2 Å². The minimum absolute atomic E-state index is 0.00684. The van der Waals surface area contributed by atoms with Crippen molar-refractivity contribution >= 4 is 50.4 Å². The first-order valence-electron chi connectivity index (χ1n) is 11.2. The summed E-state index contributed by atoms with van der Waals surface area (Å²) >= 11 is 9.73. The van der Waals surface area contributed by atoms with Gasteiger partial charge in [0.25, 0.3) is 5.91 Å². The zero-order chi connectivity index (χ0) is 25.5. The Morgan fingerprint density at radius 1 is 1.17 bits per heavy atom. The third kappa shape index (κ3) is 5.91. The lowest BCUT2D eigenvalue weighted by Crippen LogP contribution is -2.26. The van der Waals surface area contributed by atoms with Crippen molar-refractivity contribution in [3.8, 4) is 17.6 Å². The highest BCUT2D eigenvalue weighted by atomic mass is 79.9. The van der Waals surface area contributed by atoms with E-state index >= 15 is 0 Å². The SMILES string of the molecule is COc1cc(/C=C(\C#N)C(=O)NCCc2c[nH]c3ccccc23)cc(Br)c1OCc1ccccc1Cl. The van der Waals surface area contributed by atoms with Crippen LogP contribution < -0.4 is 14.8 Å². The van der Waals surface area contributed by atoms with E-state index < -0.39 is 5.91 Å². The summed E-state index contributed by atoms with van der Waals surface area (Å²) in [5.74, 6) is 0.516. The van der Waals surface area contributed by atoms with E-state index in [1.807, 2.05) is 54.7 Å². The van der Waals surface area contributed by atoms with E-state index in [-0.39, 0.29) is 12.2 Å². The maximum Gasteiger partial charge on any atom is 0.261 e. The number of aromatic nitrogens is 1. The van der Waals surface area contributed by atoms with Crippen LogP contribution in [0.15, 0.2) is 76.9 Å². The molecule has 4 aromatic rings. The largest absolute Gasteiger partial charge is 0.493 e. The molecule has 0 saturated heterocycles. The van der Waals surface area contributed by atoms with Crippen LogP contribution in [0.2, 0.25) is 5.02 Å². The van der Waals surface area contributed by atoms with Crippen molar-refractivity contribution in [1.29, 1.82) is 5.26 Å². The molecule has 0 aliphatic carbocycles. The molecule has 3 aromatic carbocycles. The summed E-state index contributed by atoms with van der Waals surface area (Å²) in [4.78, 5) is 15.9. The van der Waals surface area contributed by atoms with E-state index in [1.165, 1.54) is 13.2 Å². The number of H-pyrrole nitrogens is 1. The van der Waals surface area contributed by atoms with Gasteiger partial charge in [0, 0.05) is 34.2 Å². The van der Waals surface area contributed by atoms with Gasteiger partial charge in [0.2, 0.25) is 0 Å². The van der Waals surface area contributed by atoms with Crippen LogP contribution in [0, 0.1) is 11.3 Å². The molecule has 1 aromatic heterocycles. The van der Waals surface area contributed by atoms with Crippen molar-refractivity contribution in [1.82, 2.24) is 10.3 Å². The number of aromatic amines is 1. The average molecular weight is 565 g/mol. The number of nitrogens with zero attached hydrogens (tertiary/aromatic N) is 1. The first-order chi connectivity index (χ1) is 17.5. The van der Waals surface area contributed by atoms with E-state index in [0.717, 1.165) is 22.0 Å². The number of fused-ring (bicyclic) bond motifs is 1. The molecule has 0 radical (unpaired) electrons. The number of carbonyl (C=O) groups is 1. The molecule has 0 aliphatic heterocycles. The highest BCUT2D eigenvalue weighted by molar-refractivity contribution is 9.10. The molecule has 0 fully saturated rings. The summed E-state index contributed by atoms with van der Waals surface area (Å²) in [5.41, 5.74) is 3.61. The summed E-state index contributed by atoms with van der Waals surface area (Å²) in [7, 11) is 1.53. The number of ether oxygens (including phenoxy) is 2. The van der Waals surface area contributed by atoms with Crippen LogP contribution in [-0.4, -0.2) is 24.5 Å². The molecule has 182 valence electrons. The highest BCUT2D eigenvalue weighted by Crippen LogP contribution is 2.38. The number of methoxy groups -OCH3 is 1. The Morgan fingerprint density at radius 3 is 2.72 bits per heavy atom. The van der Waals surface area contributed by atoms with Crippen molar-refractivity contribution < 1.29 is 14.3 Å². The summed E-state index contributed by atoms with van der Waals surface area (Å²) in [6, 6.07) is 20.9. The van der Waals surface area contributed by atoms with Crippen LogP contribution in [0.5, 0.6) is 11.5 Å². The van der Waals surface area contributed by atoms with Gasteiger partial charge in [0.15, 0.2) is 11.5 Å². The van der Waals surface area contributed by atoms with Crippen LogP contribution >= 0.6 is 27.5 Å². The quantitative estimate of drug-likeness (QED) is 0.181. The summed E-state index contributed by atoms with van der Waals surface area (Å²) in [6.45, 7) is 0.660. The predicted molar refractivity (Wildman–Crippen MR) is 145 cm³/mol. The number of hydrogen-bond acceptors (Lipinski definition) is 4. The lowest BCUT2D eigenvalue weighted by molar-refractivity contribution is -0.117. The number of benzene rings is 3. The number of rotatable bonds is 9. The smallest absolute Gasteiger partial charge is 0.261 e. The van der Waals surface area contributed by atoms with Crippen LogP contribution in [0.4, 0.5) is 0 Å². The Morgan fingerprint density at radius 2 is 1.94 bits per heavy atom. The molecular weight excluding hydrogens is 542 g/mol. The van der Waals surface area contributed by atoms with Gasteiger partial charge in [-0.1, -0.05) is 48.0 Å². The van der Waals surface area contributed by atoms with Crippen LogP contribution in [-0.2, 0) is 17.8 Å². The van der Waals surface area contributed by atoms with E-state index in [2.05, 4.69) is 26.2 Å². The van der Waals surface area contributed by atoms with Gasteiger partial charge in [-0.05, 0) is 63.8 Å². The Kier molecular flexibility index (Phi) is 8.32. The molecule has 0 unspecified atom stereocenters. The Labute approximate surface area is 222 Å². The molecule has 8 heteroatoms. The Bertz CT molecular complexity index is 1470. The topological polar surface area (TPSA) is 87.1 Å². The van der Waals surface area contributed by atoms with Gasteiger partial charge in [-0.2, -0.15) is 5.26 Å². The molecule has 0 saturated carbocycles. The Balaban J connectivity index is 1.44. The summed E-state index contributed by atoms with van der Waals surface area (Å²) in [5, 5.41) is 14.2. The maximum atomic E-state index is 12.7. The molecule has 1 heterocycles. The summed E-state index contributed by atoms with van der Waals surface area (Å²) < 4.78 is 12.1. The van der Waals surface area contributed by atoms with E-state index in [1.54, 1.807) is 18.2 Å². The first kappa shape index (κ1) is 25.4. The van der Waals surface area contributed by atoms with Gasteiger partial charge in [-0.15, -0.1) is 0 Å². The fourth-order valence-corrected chi connectivity index (χ4v) is 4.55. The van der Waals surface area contributed by atoms with E-state index in [0.29, 0.717) is 39.5 Å². The second kappa shape index (κ2) is 11.8.